The molecule has 122 valence electrons. The highest BCUT2D eigenvalue weighted by Crippen LogP contribution is 2.10. The van der Waals surface area contributed by atoms with Crippen molar-refractivity contribution in [1.82, 2.24) is 15.1 Å². The number of hydrogen-bond donors (Lipinski definition) is 1. The molecule has 7 heteroatoms. The number of carbonyl (C=O) groups excluding carboxylic acids is 2. The summed E-state index contributed by atoms with van der Waals surface area (Å²) in [6.07, 6.45) is 0.428. The van der Waals surface area contributed by atoms with Crippen molar-refractivity contribution in [2.45, 2.75) is 26.4 Å². The molecule has 0 aromatic carbocycles. The summed E-state index contributed by atoms with van der Waals surface area (Å²) in [7, 11) is 0. The first-order valence-corrected chi connectivity index (χ1v) is 7.47. The third-order valence-corrected chi connectivity index (χ3v) is 3.84. The molecule has 0 aliphatic carbocycles. The van der Waals surface area contributed by atoms with Gasteiger partial charge in [0.2, 0.25) is 11.8 Å². The number of piperazine rings is 1. The molecule has 1 atom stereocenters. The number of halogens is 1. The second-order valence-corrected chi connectivity index (χ2v) is 5.76. The van der Waals surface area contributed by atoms with Crippen LogP contribution in [0.2, 0.25) is 0 Å². The van der Waals surface area contributed by atoms with Gasteiger partial charge < -0.3 is 19.9 Å². The maximum atomic E-state index is 12.2. The Morgan fingerprint density at radius 3 is 2.33 bits per heavy atom. The molecule has 0 saturated carbocycles. The van der Waals surface area contributed by atoms with Gasteiger partial charge >= 0.3 is 0 Å². The van der Waals surface area contributed by atoms with Crippen molar-refractivity contribution >= 4 is 24.2 Å². The van der Waals surface area contributed by atoms with Crippen LogP contribution in [0.25, 0.3) is 0 Å². The average molecular weight is 320 g/mol. The van der Waals surface area contributed by atoms with Crippen LogP contribution in [0.15, 0.2) is 0 Å². The van der Waals surface area contributed by atoms with Gasteiger partial charge in [-0.05, 0) is 0 Å². The smallest absolute Gasteiger partial charge is 0.225 e. The second kappa shape index (κ2) is 8.56. The highest BCUT2D eigenvalue weighted by atomic mass is 35.5. The van der Waals surface area contributed by atoms with E-state index in [-0.39, 0.29) is 36.2 Å². The van der Waals surface area contributed by atoms with Gasteiger partial charge in [0.25, 0.3) is 0 Å². The summed E-state index contributed by atoms with van der Waals surface area (Å²) < 4.78 is 5.56. The molecule has 1 N–H and O–H groups in total. The summed E-state index contributed by atoms with van der Waals surface area (Å²) in [6.45, 7) is 8.67. The van der Waals surface area contributed by atoms with E-state index < -0.39 is 0 Å². The molecule has 2 saturated heterocycles. The molecule has 21 heavy (non-hydrogen) atoms. The van der Waals surface area contributed by atoms with Crippen molar-refractivity contribution in [3.8, 4) is 0 Å². The Morgan fingerprint density at radius 2 is 1.81 bits per heavy atom. The van der Waals surface area contributed by atoms with Gasteiger partial charge in [0.1, 0.15) is 0 Å². The van der Waals surface area contributed by atoms with Crippen LogP contribution < -0.4 is 5.32 Å². The van der Waals surface area contributed by atoms with Crippen molar-refractivity contribution in [2.75, 3.05) is 45.9 Å². The van der Waals surface area contributed by atoms with Crippen LogP contribution in [0.4, 0.5) is 0 Å². The van der Waals surface area contributed by atoms with Gasteiger partial charge in [0, 0.05) is 45.2 Å². The van der Waals surface area contributed by atoms with Crippen molar-refractivity contribution in [2.24, 2.45) is 5.92 Å². The van der Waals surface area contributed by atoms with Crippen LogP contribution in [-0.4, -0.2) is 73.6 Å². The van der Waals surface area contributed by atoms with Crippen LogP contribution in [0.5, 0.6) is 0 Å². The van der Waals surface area contributed by atoms with E-state index in [9.17, 15) is 9.59 Å². The minimum absolute atomic E-state index is 0. The largest absolute Gasteiger partial charge is 0.375 e. The zero-order valence-corrected chi connectivity index (χ0v) is 13.7. The molecule has 2 rings (SSSR count). The van der Waals surface area contributed by atoms with Crippen LogP contribution in [0.3, 0.4) is 0 Å². The van der Waals surface area contributed by atoms with Crippen molar-refractivity contribution in [1.29, 1.82) is 0 Å². The first-order chi connectivity index (χ1) is 9.58. The highest BCUT2D eigenvalue weighted by molar-refractivity contribution is 5.85. The molecule has 2 aliphatic rings. The summed E-state index contributed by atoms with van der Waals surface area (Å²) in [5, 5.41) is 3.23. The fourth-order valence-corrected chi connectivity index (χ4v) is 2.62. The third kappa shape index (κ3) is 5.13. The van der Waals surface area contributed by atoms with Gasteiger partial charge in [0.05, 0.1) is 19.1 Å². The van der Waals surface area contributed by atoms with Crippen LogP contribution in [0, 0.1) is 5.92 Å². The molecule has 2 heterocycles. The van der Waals surface area contributed by atoms with E-state index >= 15 is 0 Å². The highest BCUT2D eigenvalue weighted by Gasteiger charge is 2.27. The minimum atomic E-state index is -0.00780. The summed E-state index contributed by atoms with van der Waals surface area (Å²) in [4.78, 5) is 27.8. The van der Waals surface area contributed by atoms with E-state index in [2.05, 4.69) is 5.32 Å². The fourth-order valence-electron chi connectivity index (χ4n) is 2.62. The van der Waals surface area contributed by atoms with Crippen LogP contribution in [0.1, 0.15) is 20.3 Å². The van der Waals surface area contributed by atoms with E-state index in [1.165, 1.54) is 0 Å². The Bertz CT molecular complexity index is 351. The molecular formula is C14H26ClN3O3. The van der Waals surface area contributed by atoms with E-state index in [0.29, 0.717) is 39.2 Å². The first kappa shape index (κ1) is 18.2. The Morgan fingerprint density at radius 1 is 1.19 bits per heavy atom. The van der Waals surface area contributed by atoms with E-state index in [4.69, 9.17) is 4.74 Å². The van der Waals surface area contributed by atoms with Gasteiger partial charge in [-0.25, -0.2) is 0 Å². The molecule has 2 aliphatic heterocycles. The van der Waals surface area contributed by atoms with Gasteiger partial charge in [-0.1, -0.05) is 13.8 Å². The van der Waals surface area contributed by atoms with Crippen molar-refractivity contribution in [3.05, 3.63) is 0 Å². The molecule has 0 aromatic heterocycles. The lowest BCUT2D eigenvalue weighted by molar-refractivity contribution is -0.143. The monoisotopic (exact) mass is 319 g/mol. The maximum Gasteiger partial charge on any atom is 0.225 e. The normalized spacial score (nSPS) is 22.9. The Labute approximate surface area is 132 Å². The number of ether oxygens (including phenoxy) is 1. The SMILES string of the molecule is CC(C)C(=O)N1CCN(C(=O)CC2CNCCO2)CC1.Cl. The lowest BCUT2D eigenvalue weighted by Crippen LogP contribution is -2.52. The lowest BCUT2D eigenvalue weighted by atomic mass is 10.1. The van der Waals surface area contributed by atoms with Crippen LogP contribution >= 0.6 is 12.4 Å². The Hall–Kier alpha value is -0.850. The predicted molar refractivity (Wildman–Crippen MR) is 82.5 cm³/mol. The second-order valence-electron chi connectivity index (χ2n) is 5.76. The van der Waals surface area contributed by atoms with Crippen molar-refractivity contribution < 1.29 is 14.3 Å². The molecule has 0 aromatic rings. The molecule has 2 fully saturated rings. The topological polar surface area (TPSA) is 61.9 Å². The summed E-state index contributed by atoms with van der Waals surface area (Å²) in [5.74, 6) is 0.339. The molecule has 6 nitrogen and oxygen atoms in total. The first-order valence-electron chi connectivity index (χ1n) is 7.47. The molecular weight excluding hydrogens is 294 g/mol. The number of hydrogen-bond acceptors (Lipinski definition) is 4. The number of morpholine rings is 1. The Kier molecular flexibility index (Phi) is 7.42. The standard InChI is InChI=1S/C14H25N3O3.ClH/c1-11(2)14(19)17-6-4-16(5-7-17)13(18)9-12-10-15-3-8-20-12;/h11-12,15H,3-10H2,1-2H3;1H. The number of rotatable bonds is 3. The lowest BCUT2D eigenvalue weighted by Gasteiger charge is -2.36. The van der Waals surface area contributed by atoms with Gasteiger partial charge in [-0.3, -0.25) is 9.59 Å². The average Bonchev–Trinajstić information content (AvgIpc) is 2.47. The molecule has 0 bridgehead atoms. The van der Waals surface area contributed by atoms with E-state index in [0.717, 1.165) is 13.1 Å². The number of nitrogens with one attached hydrogen (secondary N) is 1. The maximum absolute atomic E-state index is 12.2. The number of nitrogens with zero attached hydrogens (tertiary/aromatic N) is 2. The fraction of sp³-hybridized carbons (Fsp3) is 0.857. The number of carbonyl (C=O) groups is 2. The van der Waals surface area contributed by atoms with E-state index in [1.54, 1.807) is 0 Å². The number of amides is 2. The third-order valence-electron chi connectivity index (χ3n) is 3.84. The summed E-state index contributed by atoms with van der Waals surface area (Å²) in [5.41, 5.74) is 0. The summed E-state index contributed by atoms with van der Waals surface area (Å²) in [6, 6.07) is 0. The van der Waals surface area contributed by atoms with Gasteiger partial charge in [-0.2, -0.15) is 0 Å². The van der Waals surface area contributed by atoms with Crippen LogP contribution in [-0.2, 0) is 14.3 Å². The molecule has 0 spiro atoms. The molecule has 2 amide bonds. The van der Waals surface area contributed by atoms with Crippen molar-refractivity contribution in [3.63, 3.8) is 0 Å². The van der Waals surface area contributed by atoms with Gasteiger partial charge in [-0.15, -0.1) is 12.4 Å². The summed E-state index contributed by atoms with van der Waals surface area (Å²) >= 11 is 0. The zero-order valence-electron chi connectivity index (χ0n) is 12.8. The molecule has 0 radical (unpaired) electrons. The van der Waals surface area contributed by atoms with E-state index in [1.807, 2.05) is 23.6 Å². The molecule has 1 unspecified atom stereocenters. The predicted octanol–water partition coefficient (Wildman–Crippen LogP) is 0.114. The van der Waals surface area contributed by atoms with Gasteiger partial charge in [0.15, 0.2) is 0 Å². The Balaban J connectivity index is 0.00000220. The minimum Gasteiger partial charge on any atom is -0.375 e. The zero-order chi connectivity index (χ0) is 14.5. The quantitative estimate of drug-likeness (QED) is 0.802.